The van der Waals surface area contributed by atoms with E-state index >= 15 is 0 Å². The molecule has 1 fully saturated rings. The molecule has 1 aliphatic rings. The number of amides is 4. The number of benzene rings is 2. The first kappa shape index (κ1) is 25.7. The fourth-order valence-electron chi connectivity index (χ4n) is 3.89. The molecule has 2 aromatic rings. The first-order valence-corrected chi connectivity index (χ1v) is 11.5. The van der Waals surface area contributed by atoms with Crippen LogP contribution in [-0.2, 0) is 0 Å². The lowest BCUT2D eigenvalue weighted by Gasteiger charge is -2.37. The van der Waals surface area contributed by atoms with Crippen LogP contribution < -0.4 is 14.8 Å². The number of ether oxygens (including phenoxy) is 2. The Balaban J connectivity index is 1.70. The van der Waals surface area contributed by atoms with Gasteiger partial charge in [0.15, 0.2) is 0 Å². The molecule has 10 heteroatoms. The number of aromatic hydroxyl groups is 1. The molecule has 0 saturated carbocycles. The second-order valence-electron chi connectivity index (χ2n) is 8.02. The lowest BCUT2D eigenvalue weighted by atomic mass is 10.1. The molecule has 2 N–H and O–H groups in total. The Bertz CT molecular complexity index is 1060. The molecular weight excluding hydrogens is 452 g/mol. The van der Waals surface area contributed by atoms with Crippen LogP contribution in [0.2, 0.25) is 0 Å². The smallest absolute Gasteiger partial charge is 0.320 e. The summed E-state index contributed by atoms with van der Waals surface area (Å²) in [6.07, 6.45) is 0. The highest BCUT2D eigenvalue weighted by atomic mass is 16.5. The third-order valence-electron chi connectivity index (χ3n) is 5.97. The summed E-state index contributed by atoms with van der Waals surface area (Å²) >= 11 is 0. The van der Waals surface area contributed by atoms with Gasteiger partial charge in [0.05, 0.1) is 19.8 Å². The summed E-state index contributed by atoms with van der Waals surface area (Å²) in [5, 5.41) is 13.1. The van der Waals surface area contributed by atoms with Crippen LogP contribution in [0.15, 0.2) is 36.4 Å². The van der Waals surface area contributed by atoms with Crippen molar-refractivity contribution in [3.63, 3.8) is 0 Å². The molecule has 0 bridgehead atoms. The molecule has 0 unspecified atom stereocenters. The number of carbonyl (C=O) groups is 3. The van der Waals surface area contributed by atoms with Crippen LogP contribution >= 0.6 is 0 Å². The maximum atomic E-state index is 13.1. The van der Waals surface area contributed by atoms with E-state index in [9.17, 15) is 19.5 Å². The summed E-state index contributed by atoms with van der Waals surface area (Å²) in [5.74, 6) is -0.0338. The highest BCUT2D eigenvalue weighted by Gasteiger charge is 2.28. The average Bonchev–Trinajstić information content (AvgIpc) is 2.89. The number of hydrogen-bond acceptors (Lipinski definition) is 6. The number of carbonyl (C=O) groups excluding carboxylic acids is 3. The SMILES string of the molecule is CCN(CC)C(=O)N1CCN(C(=O)c2cc(NC(=O)c3cc(OC)cc(OC)c3)ccc2O)CC1. The first-order valence-electron chi connectivity index (χ1n) is 11.5. The molecule has 0 aliphatic carbocycles. The van der Waals surface area contributed by atoms with Crippen LogP contribution in [0.3, 0.4) is 0 Å². The first-order chi connectivity index (χ1) is 16.8. The van der Waals surface area contributed by atoms with Gasteiger partial charge in [-0.15, -0.1) is 0 Å². The molecule has 3 rings (SSSR count). The van der Waals surface area contributed by atoms with Crippen molar-refractivity contribution in [1.29, 1.82) is 0 Å². The summed E-state index contributed by atoms with van der Waals surface area (Å²) in [7, 11) is 2.99. The molecule has 1 heterocycles. The highest BCUT2D eigenvalue weighted by Crippen LogP contribution is 2.26. The molecule has 35 heavy (non-hydrogen) atoms. The van der Waals surface area contributed by atoms with Crippen molar-refractivity contribution in [2.45, 2.75) is 13.8 Å². The molecule has 0 aromatic heterocycles. The van der Waals surface area contributed by atoms with E-state index < -0.39 is 5.91 Å². The van der Waals surface area contributed by atoms with Crippen molar-refractivity contribution < 1.29 is 29.0 Å². The molecule has 0 spiro atoms. The fraction of sp³-hybridized carbons (Fsp3) is 0.400. The van der Waals surface area contributed by atoms with Crippen molar-refractivity contribution in [2.24, 2.45) is 0 Å². The third-order valence-corrected chi connectivity index (χ3v) is 5.97. The van der Waals surface area contributed by atoms with Crippen molar-refractivity contribution in [3.05, 3.63) is 47.5 Å². The summed E-state index contributed by atoms with van der Waals surface area (Å²) in [6, 6.07) is 9.09. The summed E-state index contributed by atoms with van der Waals surface area (Å²) in [6.45, 7) is 6.65. The number of methoxy groups -OCH3 is 2. The summed E-state index contributed by atoms with van der Waals surface area (Å²) in [4.78, 5) is 43.6. The zero-order chi connectivity index (χ0) is 25.5. The molecule has 0 atom stereocenters. The van der Waals surface area contributed by atoms with E-state index in [1.807, 2.05) is 13.8 Å². The fourth-order valence-corrected chi connectivity index (χ4v) is 3.89. The van der Waals surface area contributed by atoms with Crippen molar-refractivity contribution in [1.82, 2.24) is 14.7 Å². The Labute approximate surface area is 205 Å². The lowest BCUT2D eigenvalue weighted by molar-refractivity contribution is 0.0638. The van der Waals surface area contributed by atoms with Crippen molar-refractivity contribution in [3.8, 4) is 17.2 Å². The zero-order valence-corrected chi connectivity index (χ0v) is 20.5. The van der Waals surface area contributed by atoms with Crippen molar-refractivity contribution in [2.75, 3.05) is 58.8 Å². The van der Waals surface area contributed by atoms with Gasteiger partial charge < -0.3 is 34.6 Å². The Kier molecular flexibility index (Phi) is 8.40. The standard InChI is InChI=1S/C25H32N4O6/c1-5-27(6-2)25(33)29-11-9-28(10-12-29)24(32)21-15-18(7-8-22(21)30)26-23(31)17-13-19(34-3)16-20(14-17)35-4/h7-8,13-16,30H,5-6,9-12H2,1-4H3,(H,26,31). The number of phenolic OH excluding ortho intramolecular Hbond substituents is 1. The van der Waals surface area contributed by atoms with Gasteiger partial charge in [-0.25, -0.2) is 4.79 Å². The van der Waals surface area contributed by atoms with E-state index in [4.69, 9.17) is 9.47 Å². The number of hydrogen-bond donors (Lipinski definition) is 2. The topological polar surface area (TPSA) is 112 Å². The Morgan fingerprint density at radius 2 is 1.49 bits per heavy atom. The lowest BCUT2D eigenvalue weighted by Crippen LogP contribution is -2.54. The van der Waals surface area contributed by atoms with E-state index in [0.29, 0.717) is 62.0 Å². The van der Waals surface area contributed by atoms with Gasteiger partial charge in [-0.05, 0) is 44.2 Å². The van der Waals surface area contributed by atoms with Crippen LogP contribution in [0.1, 0.15) is 34.6 Å². The van der Waals surface area contributed by atoms with Gasteiger partial charge in [0.2, 0.25) is 0 Å². The maximum Gasteiger partial charge on any atom is 0.320 e. The second kappa shape index (κ2) is 11.5. The number of phenols is 1. The van der Waals surface area contributed by atoms with E-state index in [1.165, 1.54) is 32.4 Å². The minimum absolute atomic E-state index is 0.0381. The van der Waals surface area contributed by atoms with Crippen LogP contribution in [0.5, 0.6) is 17.2 Å². The van der Waals surface area contributed by atoms with Gasteiger partial charge in [0.1, 0.15) is 17.2 Å². The van der Waals surface area contributed by atoms with Crippen LogP contribution in [-0.4, -0.2) is 91.1 Å². The van der Waals surface area contributed by atoms with Gasteiger partial charge >= 0.3 is 6.03 Å². The Morgan fingerprint density at radius 3 is 2.03 bits per heavy atom. The second-order valence-corrected chi connectivity index (χ2v) is 8.02. The van der Waals surface area contributed by atoms with E-state index in [2.05, 4.69) is 5.32 Å². The minimum atomic E-state index is -0.421. The number of rotatable bonds is 7. The number of urea groups is 1. The number of piperazine rings is 1. The normalized spacial score (nSPS) is 13.3. The van der Waals surface area contributed by atoms with E-state index in [-0.39, 0.29) is 23.3 Å². The maximum absolute atomic E-state index is 13.1. The zero-order valence-electron chi connectivity index (χ0n) is 20.5. The number of nitrogens with zero attached hydrogens (tertiary/aromatic N) is 3. The Hall–Kier alpha value is -3.95. The number of nitrogens with one attached hydrogen (secondary N) is 1. The number of anilines is 1. The predicted molar refractivity (Wildman–Crippen MR) is 131 cm³/mol. The third kappa shape index (κ3) is 5.95. The molecule has 4 amide bonds. The van der Waals surface area contributed by atoms with Crippen LogP contribution in [0, 0.1) is 0 Å². The quantitative estimate of drug-likeness (QED) is 0.585. The average molecular weight is 485 g/mol. The summed E-state index contributed by atoms with van der Waals surface area (Å²) in [5.41, 5.74) is 0.749. The van der Waals surface area contributed by atoms with Gasteiger partial charge in [0.25, 0.3) is 11.8 Å². The van der Waals surface area contributed by atoms with Gasteiger partial charge in [0, 0.05) is 56.6 Å². The van der Waals surface area contributed by atoms with Gasteiger partial charge in [-0.1, -0.05) is 0 Å². The highest BCUT2D eigenvalue weighted by molar-refractivity contribution is 6.06. The minimum Gasteiger partial charge on any atom is -0.507 e. The monoisotopic (exact) mass is 484 g/mol. The molecule has 1 aliphatic heterocycles. The molecule has 188 valence electrons. The molecule has 1 saturated heterocycles. The summed E-state index contributed by atoms with van der Waals surface area (Å²) < 4.78 is 10.4. The van der Waals surface area contributed by atoms with Crippen LogP contribution in [0.25, 0.3) is 0 Å². The van der Waals surface area contributed by atoms with E-state index in [1.54, 1.807) is 32.9 Å². The largest absolute Gasteiger partial charge is 0.507 e. The van der Waals surface area contributed by atoms with Gasteiger partial charge in [-0.3, -0.25) is 9.59 Å². The molecule has 2 aromatic carbocycles. The molecule has 10 nitrogen and oxygen atoms in total. The van der Waals surface area contributed by atoms with Crippen LogP contribution in [0.4, 0.5) is 10.5 Å². The van der Waals surface area contributed by atoms with Gasteiger partial charge in [-0.2, -0.15) is 0 Å². The Morgan fingerprint density at radius 1 is 0.914 bits per heavy atom. The van der Waals surface area contributed by atoms with Crippen molar-refractivity contribution >= 4 is 23.5 Å². The van der Waals surface area contributed by atoms with E-state index in [0.717, 1.165) is 0 Å². The molecule has 0 radical (unpaired) electrons. The predicted octanol–water partition coefficient (Wildman–Crippen LogP) is 2.88. The molecular formula is C25H32N4O6.